The number of anilines is 2. The van der Waals surface area contributed by atoms with Gasteiger partial charge < -0.3 is 9.64 Å². The van der Waals surface area contributed by atoms with E-state index in [0.717, 1.165) is 16.8 Å². The Morgan fingerprint density at radius 3 is 2.54 bits per heavy atom. The molecule has 1 heterocycles. The van der Waals surface area contributed by atoms with Gasteiger partial charge in [-0.25, -0.2) is 4.31 Å². The van der Waals surface area contributed by atoms with Crippen molar-refractivity contribution in [2.24, 2.45) is 0 Å². The van der Waals surface area contributed by atoms with Crippen LogP contribution in [-0.2, 0) is 0 Å². The lowest BCUT2D eigenvalue weighted by Gasteiger charge is -2.48. The van der Waals surface area contributed by atoms with E-state index in [2.05, 4.69) is 74.6 Å². The highest BCUT2D eigenvalue weighted by molar-refractivity contribution is 9.10. The van der Waals surface area contributed by atoms with Crippen molar-refractivity contribution in [3.8, 4) is 5.75 Å². The van der Waals surface area contributed by atoms with Crippen molar-refractivity contribution in [2.75, 3.05) is 25.6 Å². The van der Waals surface area contributed by atoms with Crippen molar-refractivity contribution < 1.29 is 4.74 Å². The predicted molar refractivity (Wildman–Crippen MR) is 104 cm³/mol. The highest BCUT2D eigenvalue weighted by Crippen LogP contribution is 2.51. The lowest BCUT2D eigenvalue weighted by Crippen LogP contribution is -2.54. The Morgan fingerprint density at radius 1 is 1.17 bits per heavy atom. The van der Waals surface area contributed by atoms with Gasteiger partial charge in [-0.15, -0.1) is 0 Å². The van der Waals surface area contributed by atoms with Crippen molar-refractivity contribution in [2.45, 2.75) is 29.7 Å². The molecule has 0 N–H and O–H groups in total. The molecule has 24 heavy (non-hydrogen) atoms. The van der Waals surface area contributed by atoms with Crippen LogP contribution in [0.2, 0.25) is 0 Å². The van der Waals surface area contributed by atoms with Gasteiger partial charge >= 0.3 is 0 Å². The minimum Gasteiger partial charge on any atom is -0.496 e. The smallest absolute Gasteiger partial charge is 0.134 e. The number of hydrogen-bond donors (Lipinski definition) is 0. The summed E-state index contributed by atoms with van der Waals surface area (Å²) in [5.41, 5.74) is 2.74. The Balaban J connectivity index is 1.86. The molecule has 0 unspecified atom stereocenters. The Morgan fingerprint density at radius 2 is 1.92 bits per heavy atom. The van der Waals surface area contributed by atoms with Gasteiger partial charge in [-0.1, -0.05) is 18.2 Å². The Bertz CT molecular complexity index is 749. The number of methoxy groups -OCH3 is 1. The molecule has 4 rings (SSSR count). The van der Waals surface area contributed by atoms with Gasteiger partial charge in [0.05, 0.1) is 22.2 Å². The second-order valence-electron chi connectivity index (χ2n) is 6.54. The zero-order chi connectivity index (χ0) is 16.7. The monoisotopic (exact) mass is 404 g/mol. The Kier molecular flexibility index (Phi) is 4.27. The van der Waals surface area contributed by atoms with E-state index in [4.69, 9.17) is 4.74 Å². The molecule has 0 saturated heterocycles. The number of benzene rings is 2. The molecule has 1 fully saturated rings. The number of likely N-dealkylation sites (N-methyl/N-ethyl adjacent to an activating group) is 1. The minimum atomic E-state index is 0.249. The van der Waals surface area contributed by atoms with Crippen LogP contribution in [0, 0.1) is 0 Å². The quantitative estimate of drug-likeness (QED) is 0.616. The Labute approximate surface area is 156 Å². The highest BCUT2D eigenvalue weighted by Gasteiger charge is 2.45. The fraction of sp³-hybridized carbons (Fsp3) is 0.368. The molecule has 126 valence electrons. The summed E-state index contributed by atoms with van der Waals surface area (Å²) >= 11 is 5.50. The summed E-state index contributed by atoms with van der Waals surface area (Å²) in [6.07, 6.45) is 3.83. The first-order chi connectivity index (χ1) is 11.6. The van der Waals surface area contributed by atoms with Crippen molar-refractivity contribution in [3.63, 3.8) is 0 Å². The van der Waals surface area contributed by atoms with Crippen molar-refractivity contribution in [1.82, 2.24) is 4.31 Å². The van der Waals surface area contributed by atoms with E-state index >= 15 is 0 Å². The molecule has 0 atom stereocenters. The van der Waals surface area contributed by atoms with E-state index in [0.29, 0.717) is 0 Å². The maximum absolute atomic E-state index is 5.52. The first-order valence-corrected chi connectivity index (χ1v) is 9.81. The van der Waals surface area contributed by atoms with Crippen LogP contribution in [0.25, 0.3) is 0 Å². The third kappa shape index (κ3) is 2.63. The third-order valence-corrected chi connectivity index (χ3v) is 7.04. The SMILES string of the molecule is COc1cc2c(cc1Br)N(c1ccccc1)CC1(CCC1)N(C)S2. The molecule has 3 nitrogen and oxygen atoms in total. The van der Waals surface area contributed by atoms with Crippen LogP contribution in [0.3, 0.4) is 0 Å². The molecule has 1 saturated carbocycles. The average Bonchev–Trinajstić information content (AvgIpc) is 2.68. The molecule has 0 radical (unpaired) electrons. The van der Waals surface area contributed by atoms with Crippen LogP contribution >= 0.6 is 27.9 Å². The van der Waals surface area contributed by atoms with E-state index < -0.39 is 0 Å². The van der Waals surface area contributed by atoms with E-state index in [1.165, 1.54) is 35.5 Å². The summed E-state index contributed by atoms with van der Waals surface area (Å²) in [5, 5.41) is 0. The second-order valence-corrected chi connectivity index (χ2v) is 8.57. The topological polar surface area (TPSA) is 15.7 Å². The van der Waals surface area contributed by atoms with Gasteiger partial charge in [0.2, 0.25) is 0 Å². The zero-order valence-electron chi connectivity index (χ0n) is 14.0. The van der Waals surface area contributed by atoms with Crippen LogP contribution < -0.4 is 9.64 Å². The summed E-state index contributed by atoms with van der Waals surface area (Å²) in [5.74, 6) is 0.882. The number of ether oxygens (including phenoxy) is 1. The standard InChI is InChI=1S/C19H21BrN2OS/c1-21-19(9-6-10-19)13-22(14-7-4-3-5-8-14)16-11-15(20)17(23-2)12-18(16)24-21/h3-5,7-8,11-12H,6,9-10,13H2,1-2H3. The fourth-order valence-electron chi connectivity index (χ4n) is 3.58. The normalized spacial score (nSPS) is 19.5. The van der Waals surface area contributed by atoms with E-state index in [1.807, 2.05) is 11.9 Å². The second kappa shape index (κ2) is 6.28. The molecule has 1 aliphatic heterocycles. The summed E-state index contributed by atoms with van der Waals surface area (Å²) < 4.78 is 8.98. The lowest BCUT2D eigenvalue weighted by atomic mass is 9.76. The maximum atomic E-state index is 5.52. The van der Waals surface area contributed by atoms with Crippen LogP contribution in [-0.4, -0.2) is 30.5 Å². The van der Waals surface area contributed by atoms with Gasteiger partial charge in [0.25, 0.3) is 0 Å². The van der Waals surface area contributed by atoms with Gasteiger partial charge in [-0.3, -0.25) is 0 Å². The van der Waals surface area contributed by atoms with Gasteiger partial charge in [-0.05, 0) is 78.5 Å². The van der Waals surface area contributed by atoms with Gasteiger partial charge in [-0.2, -0.15) is 0 Å². The third-order valence-electron chi connectivity index (χ3n) is 5.23. The molecule has 0 amide bonds. The first-order valence-electron chi connectivity index (χ1n) is 8.25. The number of halogens is 1. The predicted octanol–water partition coefficient (Wildman–Crippen LogP) is 5.47. The largest absolute Gasteiger partial charge is 0.496 e. The maximum Gasteiger partial charge on any atom is 0.134 e. The van der Waals surface area contributed by atoms with Crippen LogP contribution in [0.15, 0.2) is 51.8 Å². The van der Waals surface area contributed by atoms with Crippen molar-refractivity contribution in [1.29, 1.82) is 0 Å². The van der Waals surface area contributed by atoms with Crippen molar-refractivity contribution in [3.05, 3.63) is 46.9 Å². The molecule has 2 aromatic carbocycles. The zero-order valence-corrected chi connectivity index (χ0v) is 16.4. The number of para-hydroxylation sites is 1. The molecule has 0 bridgehead atoms. The van der Waals surface area contributed by atoms with Crippen molar-refractivity contribution >= 4 is 39.3 Å². The number of fused-ring (bicyclic) bond motifs is 1. The van der Waals surface area contributed by atoms with Gasteiger partial charge in [0, 0.05) is 17.8 Å². The summed E-state index contributed by atoms with van der Waals surface area (Å²) in [6, 6.07) is 15.0. The minimum absolute atomic E-state index is 0.249. The number of nitrogens with zero attached hydrogens (tertiary/aromatic N) is 2. The molecular formula is C19H21BrN2OS. The molecule has 1 spiro atoms. The summed E-state index contributed by atoms with van der Waals surface area (Å²) in [6.45, 7) is 1.02. The first kappa shape index (κ1) is 16.3. The highest BCUT2D eigenvalue weighted by atomic mass is 79.9. The average molecular weight is 405 g/mol. The lowest BCUT2D eigenvalue weighted by molar-refractivity contribution is 0.128. The van der Waals surface area contributed by atoms with Gasteiger partial charge in [0.15, 0.2) is 0 Å². The molecule has 5 heteroatoms. The molecular weight excluding hydrogens is 384 g/mol. The van der Waals surface area contributed by atoms with Crippen LogP contribution in [0.4, 0.5) is 11.4 Å². The number of rotatable bonds is 2. The van der Waals surface area contributed by atoms with E-state index in [9.17, 15) is 0 Å². The van der Waals surface area contributed by atoms with Crippen LogP contribution in [0.5, 0.6) is 5.75 Å². The molecule has 2 aliphatic rings. The summed E-state index contributed by atoms with van der Waals surface area (Å²) in [7, 11) is 3.95. The molecule has 2 aromatic rings. The number of hydrogen-bond acceptors (Lipinski definition) is 4. The molecule has 1 aliphatic carbocycles. The summed E-state index contributed by atoms with van der Waals surface area (Å²) in [4.78, 5) is 3.71. The van der Waals surface area contributed by atoms with E-state index in [-0.39, 0.29) is 5.54 Å². The van der Waals surface area contributed by atoms with Gasteiger partial charge in [0.1, 0.15) is 5.75 Å². The Hall–Kier alpha value is -1.17. The van der Waals surface area contributed by atoms with Crippen LogP contribution in [0.1, 0.15) is 19.3 Å². The molecule has 0 aromatic heterocycles. The fourth-order valence-corrected chi connectivity index (χ4v) is 5.23. The van der Waals surface area contributed by atoms with E-state index in [1.54, 1.807) is 7.11 Å².